The second-order valence-corrected chi connectivity index (χ2v) is 6.12. The van der Waals surface area contributed by atoms with Crippen molar-refractivity contribution in [2.45, 2.75) is 46.0 Å². The van der Waals surface area contributed by atoms with E-state index < -0.39 is 0 Å². The van der Waals surface area contributed by atoms with Crippen molar-refractivity contribution >= 4 is 11.9 Å². The summed E-state index contributed by atoms with van der Waals surface area (Å²) in [5.74, 6) is 2.14. The van der Waals surface area contributed by atoms with Crippen molar-refractivity contribution in [2.75, 3.05) is 30.3 Å². The van der Waals surface area contributed by atoms with Gasteiger partial charge in [-0.05, 0) is 50.4 Å². The first-order valence-electron chi connectivity index (χ1n) is 8.12. The zero-order chi connectivity index (χ0) is 14.7. The van der Waals surface area contributed by atoms with Gasteiger partial charge in [-0.3, -0.25) is 0 Å². The highest BCUT2D eigenvalue weighted by atomic mass is 16.5. The molecule has 1 aromatic heterocycles. The Morgan fingerprint density at radius 1 is 1.10 bits per heavy atom. The topological polar surface area (TPSA) is 72.0 Å². The number of rotatable bonds is 9. The monoisotopic (exact) mass is 291 g/mol. The number of nitrogens with one attached hydrogen (secondary N) is 2. The maximum Gasteiger partial charge on any atom is 0.323 e. The summed E-state index contributed by atoms with van der Waals surface area (Å²) < 4.78 is 5.43. The molecule has 116 valence electrons. The molecule has 1 aromatic rings. The molecule has 0 aromatic carbocycles. The SMILES string of the molecule is CCCNc1nc(NCC2(C3CC3)CC2)nc(OCC)n1. The number of nitrogens with zero attached hydrogens (tertiary/aromatic N) is 3. The minimum Gasteiger partial charge on any atom is -0.464 e. The number of aromatic nitrogens is 3. The van der Waals surface area contributed by atoms with E-state index in [9.17, 15) is 0 Å². The molecule has 6 nitrogen and oxygen atoms in total. The second kappa shape index (κ2) is 6.03. The molecule has 0 aliphatic heterocycles. The molecular formula is C15H25N5O. The van der Waals surface area contributed by atoms with Crippen molar-refractivity contribution in [3.8, 4) is 6.01 Å². The molecule has 0 bridgehead atoms. The molecule has 2 fully saturated rings. The van der Waals surface area contributed by atoms with E-state index in [2.05, 4.69) is 32.5 Å². The van der Waals surface area contributed by atoms with Crippen LogP contribution in [0.2, 0.25) is 0 Å². The Hall–Kier alpha value is -1.59. The Labute approximate surface area is 126 Å². The van der Waals surface area contributed by atoms with E-state index in [1.165, 1.54) is 25.7 Å². The Kier molecular flexibility index (Phi) is 4.12. The lowest BCUT2D eigenvalue weighted by Crippen LogP contribution is -2.19. The van der Waals surface area contributed by atoms with Gasteiger partial charge in [-0.15, -0.1) is 0 Å². The van der Waals surface area contributed by atoms with Gasteiger partial charge in [0.15, 0.2) is 0 Å². The summed E-state index contributed by atoms with van der Waals surface area (Å²) in [5, 5.41) is 6.60. The van der Waals surface area contributed by atoms with Crippen LogP contribution >= 0.6 is 0 Å². The smallest absolute Gasteiger partial charge is 0.323 e. The third-order valence-corrected chi connectivity index (χ3v) is 4.36. The zero-order valence-electron chi connectivity index (χ0n) is 13.0. The minimum absolute atomic E-state index is 0.393. The van der Waals surface area contributed by atoms with E-state index in [0.717, 1.165) is 25.4 Å². The lowest BCUT2D eigenvalue weighted by Gasteiger charge is -2.15. The molecule has 2 saturated carbocycles. The van der Waals surface area contributed by atoms with Crippen LogP contribution in [0.15, 0.2) is 0 Å². The molecule has 2 aliphatic carbocycles. The fourth-order valence-electron chi connectivity index (χ4n) is 2.79. The average Bonchev–Trinajstić information content (AvgIpc) is 3.36. The third kappa shape index (κ3) is 3.54. The molecule has 3 rings (SSSR count). The Morgan fingerprint density at radius 2 is 1.81 bits per heavy atom. The van der Waals surface area contributed by atoms with Gasteiger partial charge in [0.25, 0.3) is 0 Å². The van der Waals surface area contributed by atoms with Gasteiger partial charge in [-0.25, -0.2) is 0 Å². The normalized spacial score (nSPS) is 19.1. The van der Waals surface area contributed by atoms with Crippen LogP contribution in [0.3, 0.4) is 0 Å². The highest BCUT2D eigenvalue weighted by Crippen LogP contribution is 2.61. The Morgan fingerprint density at radius 3 is 2.38 bits per heavy atom. The lowest BCUT2D eigenvalue weighted by atomic mass is 10.0. The van der Waals surface area contributed by atoms with E-state index >= 15 is 0 Å². The molecule has 21 heavy (non-hydrogen) atoms. The van der Waals surface area contributed by atoms with Crippen molar-refractivity contribution in [3.63, 3.8) is 0 Å². The van der Waals surface area contributed by atoms with Crippen molar-refractivity contribution in [1.29, 1.82) is 0 Å². The molecule has 0 spiro atoms. The largest absolute Gasteiger partial charge is 0.464 e. The van der Waals surface area contributed by atoms with Crippen LogP contribution in [-0.4, -0.2) is 34.6 Å². The average molecular weight is 291 g/mol. The van der Waals surface area contributed by atoms with Gasteiger partial charge in [0.05, 0.1) is 6.61 Å². The van der Waals surface area contributed by atoms with Crippen molar-refractivity contribution in [1.82, 2.24) is 15.0 Å². The highest BCUT2D eigenvalue weighted by molar-refractivity contribution is 5.36. The predicted octanol–water partition coefficient (Wildman–Crippen LogP) is 2.69. The van der Waals surface area contributed by atoms with Crippen molar-refractivity contribution in [2.24, 2.45) is 11.3 Å². The molecule has 1 heterocycles. The predicted molar refractivity (Wildman–Crippen MR) is 82.7 cm³/mol. The van der Waals surface area contributed by atoms with Crippen LogP contribution in [0.5, 0.6) is 6.01 Å². The number of hydrogen-bond donors (Lipinski definition) is 2. The van der Waals surface area contributed by atoms with Gasteiger partial charge in [0, 0.05) is 13.1 Å². The molecular weight excluding hydrogens is 266 g/mol. The van der Waals surface area contributed by atoms with Crippen LogP contribution in [0.1, 0.15) is 46.0 Å². The van der Waals surface area contributed by atoms with E-state index in [1.54, 1.807) is 0 Å². The van der Waals surface area contributed by atoms with Gasteiger partial charge < -0.3 is 15.4 Å². The van der Waals surface area contributed by atoms with Crippen molar-refractivity contribution in [3.05, 3.63) is 0 Å². The Balaban J connectivity index is 1.65. The summed E-state index contributed by atoms with van der Waals surface area (Å²) in [6.07, 6.45) is 6.51. The fourth-order valence-corrected chi connectivity index (χ4v) is 2.79. The van der Waals surface area contributed by atoms with Crippen LogP contribution in [-0.2, 0) is 0 Å². The summed E-state index contributed by atoms with van der Waals surface area (Å²) in [6.45, 7) is 6.43. The molecule has 0 unspecified atom stereocenters. The van der Waals surface area contributed by atoms with Crippen LogP contribution in [0.25, 0.3) is 0 Å². The lowest BCUT2D eigenvalue weighted by molar-refractivity contribution is 0.312. The summed E-state index contributed by atoms with van der Waals surface area (Å²) in [4.78, 5) is 13.1. The van der Waals surface area contributed by atoms with Gasteiger partial charge in [-0.2, -0.15) is 15.0 Å². The van der Waals surface area contributed by atoms with E-state index in [-0.39, 0.29) is 0 Å². The van der Waals surface area contributed by atoms with Crippen LogP contribution in [0, 0.1) is 11.3 Å². The molecule has 0 radical (unpaired) electrons. The Bertz CT molecular complexity index is 485. The number of hydrogen-bond acceptors (Lipinski definition) is 6. The first-order valence-corrected chi connectivity index (χ1v) is 8.12. The standard InChI is InChI=1S/C15H25N5O/c1-3-9-16-12-18-13(20-14(19-12)21-4-2)17-10-15(7-8-15)11-5-6-11/h11H,3-10H2,1-2H3,(H2,16,17,18,19,20). The summed E-state index contributed by atoms with van der Waals surface area (Å²) >= 11 is 0. The molecule has 0 atom stereocenters. The second-order valence-electron chi connectivity index (χ2n) is 6.12. The summed E-state index contributed by atoms with van der Waals surface area (Å²) in [7, 11) is 0. The third-order valence-electron chi connectivity index (χ3n) is 4.36. The van der Waals surface area contributed by atoms with Crippen LogP contribution in [0.4, 0.5) is 11.9 Å². The zero-order valence-corrected chi connectivity index (χ0v) is 13.0. The molecule has 0 amide bonds. The first kappa shape index (κ1) is 14.4. The number of ether oxygens (including phenoxy) is 1. The fraction of sp³-hybridized carbons (Fsp3) is 0.800. The summed E-state index contributed by atoms with van der Waals surface area (Å²) in [5.41, 5.74) is 0.523. The first-order chi connectivity index (χ1) is 10.3. The van der Waals surface area contributed by atoms with Gasteiger partial charge >= 0.3 is 6.01 Å². The minimum atomic E-state index is 0.393. The van der Waals surface area contributed by atoms with E-state index in [0.29, 0.717) is 29.9 Å². The van der Waals surface area contributed by atoms with E-state index in [1.807, 2.05) is 6.92 Å². The quantitative estimate of drug-likeness (QED) is 0.729. The van der Waals surface area contributed by atoms with Crippen LogP contribution < -0.4 is 15.4 Å². The maximum atomic E-state index is 5.43. The molecule has 2 N–H and O–H groups in total. The maximum absolute atomic E-state index is 5.43. The molecule has 2 aliphatic rings. The van der Waals surface area contributed by atoms with Gasteiger partial charge in [0.2, 0.25) is 11.9 Å². The van der Waals surface area contributed by atoms with Crippen molar-refractivity contribution < 1.29 is 4.74 Å². The molecule has 6 heteroatoms. The molecule has 0 saturated heterocycles. The summed E-state index contributed by atoms with van der Waals surface area (Å²) in [6, 6.07) is 0.393. The van der Waals surface area contributed by atoms with Gasteiger partial charge in [0.1, 0.15) is 0 Å². The van der Waals surface area contributed by atoms with E-state index in [4.69, 9.17) is 4.74 Å². The van der Waals surface area contributed by atoms with Gasteiger partial charge in [-0.1, -0.05) is 6.92 Å². The highest BCUT2D eigenvalue weighted by Gasteiger charge is 2.53. The number of anilines is 2.